The normalized spacial score (nSPS) is 12.4. The molecule has 3 aromatic carbocycles. The van der Waals surface area contributed by atoms with Gasteiger partial charge in [-0.3, -0.25) is 0 Å². The van der Waals surface area contributed by atoms with Gasteiger partial charge in [-0.25, -0.2) is 0 Å². The third kappa shape index (κ3) is 4.84. The van der Waals surface area contributed by atoms with Crippen molar-refractivity contribution in [2.24, 2.45) is 8.73 Å². The lowest BCUT2D eigenvalue weighted by Crippen LogP contribution is -2.16. The highest BCUT2D eigenvalue weighted by molar-refractivity contribution is 7.58. The Balaban J connectivity index is 1.33. The molecular weight excluding hydrogens is 546 g/mol. The van der Waals surface area contributed by atoms with Crippen LogP contribution in [0.5, 0.6) is 5.75 Å². The van der Waals surface area contributed by atoms with Crippen LogP contribution in [0.1, 0.15) is 11.1 Å². The van der Waals surface area contributed by atoms with Crippen molar-refractivity contribution in [3.05, 3.63) is 90.0 Å². The zero-order chi connectivity index (χ0) is 26.4. The molecule has 1 aliphatic rings. The minimum atomic E-state index is -4.71. The minimum Gasteiger partial charge on any atom is -0.406 e. The van der Waals surface area contributed by atoms with Gasteiger partial charge in [0.2, 0.25) is 0 Å². The highest BCUT2D eigenvalue weighted by Gasteiger charge is 2.31. The van der Waals surface area contributed by atoms with Gasteiger partial charge in [0, 0.05) is 30.6 Å². The maximum Gasteiger partial charge on any atom is 0.573 e. The molecular formula is C29H19F3N2OS3. The third-order valence-corrected chi connectivity index (χ3v) is 9.02. The van der Waals surface area contributed by atoms with E-state index in [9.17, 15) is 13.2 Å². The van der Waals surface area contributed by atoms with Gasteiger partial charge in [0.15, 0.2) is 0 Å². The summed E-state index contributed by atoms with van der Waals surface area (Å²) in [4.78, 5) is 4.32. The van der Waals surface area contributed by atoms with Gasteiger partial charge in [0.25, 0.3) is 0 Å². The Bertz CT molecular complexity index is 1730. The number of benzene rings is 3. The number of alkyl halides is 3. The van der Waals surface area contributed by atoms with Gasteiger partial charge in [-0.15, -0.1) is 35.8 Å². The Morgan fingerprint density at radius 3 is 1.87 bits per heavy atom. The standard InChI is InChI=1S/C29H19F3N2OS3/c1-16-3-5-18(6-4-16)23-12-14-25(37-23)26-17(2)15-21(27-28(26)34-38-33-27)24-13-11-22(36-24)19-7-9-20(10-8-19)35-29(30,31)32/h3-15H,1-2H3. The Kier molecular flexibility index (Phi) is 6.29. The summed E-state index contributed by atoms with van der Waals surface area (Å²) in [6, 6.07) is 24.9. The molecule has 38 heavy (non-hydrogen) atoms. The van der Waals surface area contributed by atoms with E-state index in [-0.39, 0.29) is 5.75 Å². The summed E-state index contributed by atoms with van der Waals surface area (Å²) in [5, 5.41) is 0. The van der Waals surface area contributed by atoms with E-state index in [1.54, 1.807) is 34.8 Å². The summed E-state index contributed by atoms with van der Waals surface area (Å²) in [6.07, 6.45) is -4.71. The molecule has 6 rings (SSSR count). The van der Waals surface area contributed by atoms with Crippen molar-refractivity contribution in [2.45, 2.75) is 20.2 Å². The van der Waals surface area contributed by atoms with Crippen LogP contribution in [0.2, 0.25) is 0 Å². The van der Waals surface area contributed by atoms with Crippen molar-refractivity contribution < 1.29 is 17.9 Å². The molecule has 3 heterocycles. The van der Waals surface area contributed by atoms with Crippen LogP contribution in [0.4, 0.5) is 24.5 Å². The van der Waals surface area contributed by atoms with E-state index in [4.69, 9.17) is 0 Å². The van der Waals surface area contributed by atoms with Crippen LogP contribution in [0, 0.1) is 13.8 Å². The quantitative estimate of drug-likeness (QED) is 0.205. The van der Waals surface area contributed by atoms with Gasteiger partial charge in [-0.05, 0) is 85.1 Å². The number of halogens is 3. The molecule has 0 saturated heterocycles. The molecule has 0 atom stereocenters. The molecule has 2 aromatic heterocycles. The minimum absolute atomic E-state index is 0.237. The summed E-state index contributed by atoms with van der Waals surface area (Å²) in [6.45, 7) is 4.18. The molecule has 0 radical (unpaired) electrons. The van der Waals surface area contributed by atoms with Crippen molar-refractivity contribution in [1.82, 2.24) is 0 Å². The summed E-state index contributed by atoms with van der Waals surface area (Å²) >= 11 is 4.51. The predicted molar refractivity (Wildman–Crippen MR) is 152 cm³/mol. The highest BCUT2D eigenvalue weighted by atomic mass is 32.1. The molecule has 1 aliphatic heterocycles. The molecule has 190 valence electrons. The summed E-state index contributed by atoms with van der Waals surface area (Å²) in [7, 11) is 0. The Labute approximate surface area is 229 Å². The van der Waals surface area contributed by atoms with Crippen LogP contribution < -0.4 is 4.74 Å². The van der Waals surface area contributed by atoms with E-state index in [0.717, 1.165) is 48.3 Å². The van der Waals surface area contributed by atoms with Gasteiger partial charge in [-0.2, -0.15) is 8.73 Å². The number of ether oxygens (including phenoxy) is 1. The van der Waals surface area contributed by atoms with Crippen LogP contribution >= 0.6 is 22.7 Å². The second-order valence-corrected chi connectivity index (χ2v) is 11.5. The van der Waals surface area contributed by atoms with Gasteiger partial charge in [0.05, 0.1) is 11.4 Å². The number of hydrogen-bond acceptors (Lipinski definition) is 5. The van der Waals surface area contributed by atoms with Gasteiger partial charge in [0.1, 0.15) is 17.1 Å². The first kappa shape index (κ1) is 24.8. The second kappa shape index (κ2) is 9.65. The fourth-order valence-corrected chi connectivity index (χ4v) is 7.09. The van der Waals surface area contributed by atoms with E-state index in [1.165, 1.54) is 39.5 Å². The van der Waals surface area contributed by atoms with Gasteiger partial charge >= 0.3 is 6.36 Å². The predicted octanol–water partition coefficient (Wildman–Crippen LogP) is 10.7. The number of aryl methyl sites for hydroxylation is 2. The van der Waals surface area contributed by atoms with Crippen LogP contribution in [0.3, 0.4) is 0 Å². The summed E-state index contributed by atoms with van der Waals surface area (Å²) in [5.74, 6) is -0.237. The average Bonchev–Trinajstić information content (AvgIpc) is 3.65. The Morgan fingerprint density at radius 1 is 0.658 bits per heavy atom. The van der Waals surface area contributed by atoms with E-state index < -0.39 is 6.36 Å². The fraction of sp³-hybridized carbons (Fsp3) is 0.103. The van der Waals surface area contributed by atoms with E-state index >= 15 is 0 Å². The van der Waals surface area contributed by atoms with Crippen molar-refractivity contribution in [1.29, 1.82) is 0 Å². The number of fused-ring (bicyclic) bond motifs is 1. The Morgan fingerprint density at radius 2 is 1.21 bits per heavy atom. The average molecular weight is 565 g/mol. The van der Waals surface area contributed by atoms with E-state index in [0.29, 0.717) is 0 Å². The van der Waals surface area contributed by atoms with Crippen molar-refractivity contribution in [3.8, 4) is 47.5 Å². The highest BCUT2D eigenvalue weighted by Crippen LogP contribution is 2.52. The first-order chi connectivity index (χ1) is 18.2. The molecule has 0 aliphatic carbocycles. The molecule has 0 fully saturated rings. The zero-order valence-corrected chi connectivity index (χ0v) is 22.6. The number of rotatable bonds is 5. The monoisotopic (exact) mass is 564 g/mol. The molecule has 0 bridgehead atoms. The third-order valence-electron chi connectivity index (χ3n) is 6.17. The number of hydrogen-bond donors (Lipinski definition) is 0. The summed E-state index contributed by atoms with van der Waals surface area (Å²) < 4.78 is 50.8. The van der Waals surface area contributed by atoms with E-state index in [1.807, 2.05) is 12.1 Å². The maximum absolute atomic E-state index is 12.5. The van der Waals surface area contributed by atoms with Crippen LogP contribution in [0.15, 0.2) is 87.6 Å². The Hall–Kier alpha value is -3.53. The van der Waals surface area contributed by atoms with Crippen LogP contribution in [-0.2, 0) is 11.4 Å². The first-order valence-corrected chi connectivity index (χ1v) is 14.0. The van der Waals surface area contributed by atoms with E-state index in [2.05, 4.69) is 69.8 Å². The molecule has 0 saturated carbocycles. The molecule has 0 N–H and O–H groups in total. The molecule has 0 spiro atoms. The lowest BCUT2D eigenvalue weighted by molar-refractivity contribution is -0.274. The fourth-order valence-electron chi connectivity index (χ4n) is 4.38. The lowest BCUT2D eigenvalue weighted by Gasteiger charge is -2.12. The largest absolute Gasteiger partial charge is 0.573 e. The first-order valence-electron chi connectivity index (χ1n) is 11.6. The topological polar surface area (TPSA) is 34.0 Å². The summed E-state index contributed by atoms with van der Waals surface area (Å²) in [5.41, 5.74) is 8.18. The van der Waals surface area contributed by atoms with Crippen molar-refractivity contribution in [3.63, 3.8) is 0 Å². The zero-order valence-electron chi connectivity index (χ0n) is 20.2. The van der Waals surface area contributed by atoms with Crippen LogP contribution in [0.25, 0.3) is 41.8 Å². The van der Waals surface area contributed by atoms with Crippen molar-refractivity contribution >= 4 is 45.4 Å². The maximum atomic E-state index is 12.5. The van der Waals surface area contributed by atoms with Crippen LogP contribution in [-0.4, -0.2) is 6.36 Å². The lowest BCUT2D eigenvalue weighted by atomic mass is 9.98. The van der Waals surface area contributed by atoms with Gasteiger partial charge < -0.3 is 4.74 Å². The molecule has 0 unspecified atom stereocenters. The van der Waals surface area contributed by atoms with Gasteiger partial charge in [-0.1, -0.05) is 29.8 Å². The SMILES string of the molecule is Cc1ccc(-c2ccc(-c3c(C)cc(-c4ccc(-c5ccc(OC(F)(F)F)cc5)s4)c4c3N=S=N4)s2)cc1. The number of thiophene rings is 2. The smallest absolute Gasteiger partial charge is 0.406 e. The molecule has 0 amide bonds. The molecule has 9 heteroatoms. The van der Waals surface area contributed by atoms with Crippen molar-refractivity contribution in [2.75, 3.05) is 0 Å². The molecule has 5 aromatic rings. The second-order valence-electron chi connectivity index (χ2n) is 8.84. The molecule has 3 nitrogen and oxygen atoms in total. The number of nitrogens with zero attached hydrogens (tertiary/aromatic N) is 2.